The van der Waals surface area contributed by atoms with Gasteiger partial charge >= 0.3 is 0 Å². The third-order valence-corrected chi connectivity index (χ3v) is 5.59. The zero-order valence-corrected chi connectivity index (χ0v) is 16.9. The number of ketones is 1. The Kier molecular flexibility index (Phi) is 6.23. The van der Waals surface area contributed by atoms with Crippen LogP contribution in [0.25, 0.3) is 0 Å². The third-order valence-electron chi connectivity index (χ3n) is 5.59. The minimum Gasteiger partial charge on any atom is -0.307 e. The van der Waals surface area contributed by atoms with E-state index in [-0.39, 0.29) is 17.4 Å². The molecule has 3 aromatic rings. The van der Waals surface area contributed by atoms with Gasteiger partial charge in [0.2, 0.25) is 0 Å². The van der Waals surface area contributed by atoms with Crippen LogP contribution < -0.4 is 0 Å². The molecule has 0 radical (unpaired) electrons. The molecule has 4 heteroatoms. The Morgan fingerprint density at radius 1 is 0.862 bits per heavy atom. The predicted octanol–water partition coefficient (Wildman–Crippen LogP) is 5.47. The van der Waals surface area contributed by atoms with Gasteiger partial charge in [-0.1, -0.05) is 60.7 Å². The molecule has 0 aliphatic heterocycles. The summed E-state index contributed by atoms with van der Waals surface area (Å²) in [5.74, 6) is -2.23. The number of carbonyl (C=O) groups excluding carboxylic acids is 1. The van der Waals surface area contributed by atoms with E-state index in [9.17, 15) is 13.6 Å². The van der Waals surface area contributed by atoms with Gasteiger partial charge in [0.05, 0.1) is 5.41 Å². The first-order valence-corrected chi connectivity index (χ1v) is 9.63. The second kappa shape index (κ2) is 8.66. The second-order valence-corrected chi connectivity index (χ2v) is 7.61. The Balaban J connectivity index is 2.28. The van der Waals surface area contributed by atoms with Crippen LogP contribution in [0.2, 0.25) is 0 Å². The largest absolute Gasteiger partial charge is 0.307 e. The summed E-state index contributed by atoms with van der Waals surface area (Å²) in [4.78, 5) is 16.0. The van der Waals surface area contributed by atoms with Gasteiger partial charge in [0.15, 0.2) is 17.4 Å². The fourth-order valence-corrected chi connectivity index (χ4v) is 3.71. The van der Waals surface area contributed by atoms with Crippen LogP contribution in [0.3, 0.4) is 0 Å². The Bertz CT molecular complexity index is 931. The fourth-order valence-electron chi connectivity index (χ4n) is 3.71. The molecule has 1 atom stereocenters. The quantitative estimate of drug-likeness (QED) is 0.496. The zero-order chi connectivity index (χ0) is 21.0. The van der Waals surface area contributed by atoms with Gasteiger partial charge in [-0.2, -0.15) is 0 Å². The van der Waals surface area contributed by atoms with Crippen molar-refractivity contribution in [1.82, 2.24) is 4.90 Å². The van der Waals surface area contributed by atoms with E-state index in [1.165, 1.54) is 6.07 Å². The number of carbonyl (C=O) groups is 1. The number of hydrogen-bond donors (Lipinski definition) is 0. The molecule has 0 aliphatic rings. The van der Waals surface area contributed by atoms with Gasteiger partial charge in [0.25, 0.3) is 0 Å². The van der Waals surface area contributed by atoms with Gasteiger partial charge < -0.3 is 4.90 Å². The summed E-state index contributed by atoms with van der Waals surface area (Å²) >= 11 is 0. The predicted molar refractivity (Wildman–Crippen MR) is 112 cm³/mol. The van der Waals surface area contributed by atoms with E-state index in [0.717, 1.165) is 23.3 Å². The number of halogens is 2. The van der Waals surface area contributed by atoms with E-state index in [4.69, 9.17) is 0 Å². The van der Waals surface area contributed by atoms with Crippen molar-refractivity contribution < 1.29 is 13.6 Å². The smallest absolute Gasteiger partial charge is 0.177 e. The topological polar surface area (TPSA) is 20.3 Å². The van der Waals surface area contributed by atoms with Crippen molar-refractivity contribution >= 4 is 5.78 Å². The molecule has 0 amide bonds. The second-order valence-electron chi connectivity index (χ2n) is 7.61. The normalized spacial score (nSPS) is 12.8. The van der Waals surface area contributed by atoms with Gasteiger partial charge in [-0.25, -0.2) is 8.78 Å². The van der Waals surface area contributed by atoms with Crippen LogP contribution in [0.1, 0.15) is 34.8 Å². The van der Waals surface area contributed by atoms with Crippen molar-refractivity contribution in [1.29, 1.82) is 0 Å². The summed E-state index contributed by atoms with van der Waals surface area (Å²) in [7, 11) is 3.93. The molecule has 0 saturated heterocycles. The molecule has 29 heavy (non-hydrogen) atoms. The van der Waals surface area contributed by atoms with Crippen molar-refractivity contribution in [2.45, 2.75) is 24.8 Å². The van der Waals surface area contributed by atoms with E-state index >= 15 is 0 Å². The van der Waals surface area contributed by atoms with Crippen LogP contribution in [0, 0.1) is 11.6 Å². The molecule has 0 aromatic heterocycles. The highest BCUT2D eigenvalue weighted by atomic mass is 19.2. The first-order valence-electron chi connectivity index (χ1n) is 9.63. The minimum atomic E-state index is -1.03. The minimum absolute atomic E-state index is 0.0599. The monoisotopic (exact) mass is 393 g/mol. The first-order chi connectivity index (χ1) is 13.9. The summed E-state index contributed by atoms with van der Waals surface area (Å²) < 4.78 is 27.5. The van der Waals surface area contributed by atoms with Crippen molar-refractivity contribution in [2.24, 2.45) is 0 Å². The molecule has 0 aliphatic carbocycles. The van der Waals surface area contributed by atoms with Crippen LogP contribution in [0.15, 0.2) is 78.9 Å². The van der Waals surface area contributed by atoms with Crippen LogP contribution in [-0.2, 0) is 5.41 Å². The molecular weight excluding hydrogens is 368 g/mol. The molecule has 0 spiro atoms. The summed E-state index contributed by atoms with van der Waals surface area (Å²) in [6, 6.07) is 22.5. The number of rotatable bonds is 7. The standard InChI is InChI=1S/C25H25F2NO/c1-18(28(2)3)17-25(20-10-6-4-7-11-20,21-12-8-5-9-13-21)24(29)19-14-15-22(26)23(27)16-19/h4-16,18H,17H2,1-3H3/t18-/m0/s1. The zero-order valence-electron chi connectivity index (χ0n) is 16.9. The van der Waals surface area contributed by atoms with E-state index in [1.807, 2.05) is 74.8 Å². The Morgan fingerprint density at radius 2 is 1.38 bits per heavy atom. The molecule has 0 unspecified atom stereocenters. The highest BCUT2D eigenvalue weighted by Gasteiger charge is 2.43. The van der Waals surface area contributed by atoms with Gasteiger partial charge in [0, 0.05) is 11.6 Å². The maximum atomic E-state index is 14.0. The van der Waals surface area contributed by atoms with Crippen LogP contribution in [-0.4, -0.2) is 30.8 Å². The van der Waals surface area contributed by atoms with E-state index < -0.39 is 17.0 Å². The molecule has 0 fully saturated rings. The number of hydrogen-bond acceptors (Lipinski definition) is 2. The third kappa shape index (κ3) is 4.13. The lowest BCUT2D eigenvalue weighted by Gasteiger charge is -2.37. The molecule has 3 rings (SSSR count). The average molecular weight is 393 g/mol. The van der Waals surface area contributed by atoms with Gasteiger partial charge in [-0.3, -0.25) is 4.79 Å². The average Bonchev–Trinajstić information content (AvgIpc) is 2.74. The van der Waals surface area contributed by atoms with Crippen LogP contribution in [0.5, 0.6) is 0 Å². The molecule has 0 N–H and O–H groups in total. The fraction of sp³-hybridized carbons (Fsp3) is 0.240. The van der Waals surface area contributed by atoms with Crippen LogP contribution in [0.4, 0.5) is 8.78 Å². The van der Waals surface area contributed by atoms with Crippen molar-refractivity contribution in [2.75, 3.05) is 14.1 Å². The summed E-state index contributed by atoms with van der Waals surface area (Å²) in [5.41, 5.74) is 0.781. The summed E-state index contributed by atoms with van der Waals surface area (Å²) in [5, 5.41) is 0. The maximum Gasteiger partial charge on any atom is 0.177 e. The van der Waals surface area contributed by atoms with E-state index in [1.54, 1.807) is 0 Å². The summed E-state index contributed by atoms with van der Waals surface area (Å²) in [6.45, 7) is 2.05. The van der Waals surface area contributed by atoms with Gasteiger partial charge in [-0.05, 0) is 56.8 Å². The summed E-state index contributed by atoms with van der Waals surface area (Å²) in [6.07, 6.45) is 0.492. The lowest BCUT2D eigenvalue weighted by molar-refractivity contribution is 0.0882. The lowest BCUT2D eigenvalue weighted by Crippen LogP contribution is -2.43. The number of benzene rings is 3. The number of Topliss-reactive ketones (excluding diaryl/α,β-unsaturated/α-hetero) is 1. The van der Waals surface area contributed by atoms with Gasteiger partial charge in [0.1, 0.15) is 0 Å². The Labute approximate surface area is 170 Å². The van der Waals surface area contributed by atoms with E-state index in [0.29, 0.717) is 6.42 Å². The van der Waals surface area contributed by atoms with Crippen molar-refractivity contribution in [3.05, 3.63) is 107 Å². The molecule has 0 saturated carbocycles. The lowest BCUT2D eigenvalue weighted by atomic mass is 9.66. The molecular formula is C25H25F2NO. The molecule has 150 valence electrons. The van der Waals surface area contributed by atoms with Gasteiger partial charge in [-0.15, -0.1) is 0 Å². The molecule has 0 bridgehead atoms. The van der Waals surface area contributed by atoms with Crippen molar-refractivity contribution in [3.8, 4) is 0 Å². The molecule has 0 heterocycles. The van der Waals surface area contributed by atoms with E-state index in [2.05, 4.69) is 11.8 Å². The first kappa shape index (κ1) is 20.9. The Hall–Kier alpha value is -2.85. The SMILES string of the molecule is C[C@@H](CC(C(=O)c1ccc(F)c(F)c1)(c1ccccc1)c1ccccc1)N(C)C. The van der Waals surface area contributed by atoms with Crippen LogP contribution >= 0.6 is 0 Å². The highest BCUT2D eigenvalue weighted by molar-refractivity contribution is 6.06. The highest BCUT2D eigenvalue weighted by Crippen LogP contribution is 2.40. The number of nitrogens with zero attached hydrogens (tertiary/aromatic N) is 1. The van der Waals surface area contributed by atoms with Crippen molar-refractivity contribution in [3.63, 3.8) is 0 Å². The molecule has 2 nitrogen and oxygen atoms in total. The maximum absolute atomic E-state index is 14.0. The Morgan fingerprint density at radius 3 is 1.83 bits per heavy atom. The molecule has 3 aromatic carbocycles.